The molecule has 1 atom stereocenters. The zero-order valence-corrected chi connectivity index (χ0v) is 11.3. The first-order valence-corrected chi connectivity index (χ1v) is 7.51. The summed E-state index contributed by atoms with van der Waals surface area (Å²) < 4.78 is 38.5. The minimum atomic E-state index is -3.57. The molecule has 0 radical (unpaired) electrons. The number of aromatic nitrogens is 2. The Morgan fingerprint density at radius 3 is 3.05 bits per heavy atom. The van der Waals surface area contributed by atoms with Gasteiger partial charge < -0.3 is 15.2 Å². The van der Waals surface area contributed by atoms with Crippen LogP contribution >= 0.6 is 0 Å². The number of nitrogens with one attached hydrogen (secondary N) is 1. The molecule has 0 spiro atoms. The minimum Gasteiger partial charge on any atom is -0.376 e. The summed E-state index contributed by atoms with van der Waals surface area (Å²) in [6, 6.07) is 0. The average molecular weight is 290 g/mol. The van der Waals surface area contributed by atoms with Crippen molar-refractivity contribution in [3.05, 3.63) is 12.4 Å². The first-order chi connectivity index (χ1) is 9.12. The smallest absolute Gasteiger partial charge is 0.243 e. The molecule has 1 unspecified atom stereocenters. The monoisotopic (exact) mass is 290 g/mol. The van der Waals surface area contributed by atoms with Crippen molar-refractivity contribution in [2.75, 3.05) is 32.9 Å². The zero-order valence-electron chi connectivity index (χ0n) is 10.5. The largest absolute Gasteiger partial charge is 0.376 e. The molecule has 2 rings (SSSR count). The van der Waals surface area contributed by atoms with Gasteiger partial charge >= 0.3 is 0 Å². The average Bonchev–Trinajstić information content (AvgIpc) is 2.88. The number of sulfonamides is 1. The van der Waals surface area contributed by atoms with Crippen LogP contribution < -0.4 is 10.5 Å². The third-order valence-electron chi connectivity index (χ3n) is 2.66. The Morgan fingerprint density at radius 2 is 2.37 bits per heavy atom. The second kappa shape index (κ2) is 6.44. The summed E-state index contributed by atoms with van der Waals surface area (Å²) in [4.78, 5) is 0.123. The van der Waals surface area contributed by atoms with E-state index in [0.29, 0.717) is 32.9 Å². The highest BCUT2D eigenvalue weighted by atomic mass is 32.2. The Morgan fingerprint density at radius 1 is 1.53 bits per heavy atom. The lowest BCUT2D eigenvalue weighted by molar-refractivity contribution is -0.0846. The van der Waals surface area contributed by atoms with Crippen molar-refractivity contribution < 1.29 is 17.9 Å². The maximum Gasteiger partial charge on any atom is 0.243 e. The fourth-order valence-corrected chi connectivity index (χ4v) is 2.70. The summed E-state index contributed by atoms with van der Waals surface area (Å²) in [5.74, 6) is 0. The molecule has 1 saturated heterocycles. The number of hydrogen-bond acceptors (Lipinski definition) is 6. The van der Waals surface area contributed by atoms with Crippen molar-refractivity contribution in [3.8, 4) is 0 Å². The van der Waals surface area contributed by atoms with Crippen molar-refractivity contribution in [2.45, 2.75) is 17.5 Å². The highest BCUT2D eigenvalue weighted by Crippen LogP contribution is 2.07. The van der Waals surface area contributed by atoms with E-state index in [2.05, 4.69) is 9.82 Å². The van der Waals surface area contributed by atoms with Gasteiger partial charge in [0.2, 0.25) is 10.0 Å². The van der Waals surface area contributed by atoms with E-state index >= 15 is 0 Å². The molecule has 19 heavy (non-hydrogen) atoms. The Bertz CT molecular complexity index is 495. The molecule has 1 aromatic rings. The molecule has 0 amide bonds. The molecule has 9 heteroatoms. The fraction of sp³-hybridized carbons (Fsp3) is 0.700. The van der Waals surface area contributed by atoms with Crippen LogP contribution in [0.2, 0.25) is 0 Å². The second-order valence-electron chi connectivity index (χ2n) is 4.15. The fourth-order valence-electron chi connectivity index (χ4n) is 1.68. The predicted molar refractivity (Wildman–Crippen MR) is 67.0 cm³/mol. The molecule has 1 aliphatic heterocycles. The summed E-state index contributed by atoms with van der Waals surface area (Å²) >= 11 is 0. The van der Waals surface area contributed by atoms with Crippen LogP contribution in [0.4, 0.5) is 0 Å². The van der Waals surface area contributed by atoms with Gasteiger partial charge in [-0.05, 0) is 0 Å². The Balaban J connectivity index is 1.92. The van der Waals surface area contributed by atoms with Gasteiger partial charge in [-0.15, -0.1) is 0 Å². The van der Waals surface area contributed by atoms with Crippen LogP contribution in [0.15, 0.2) is 17.3 Å². The first-order valence-electron chi connectivity index (χ1n) is 6.03. The van der Waals surface area contributed by atoms with Gasteiger partial charge in [-0.3, -0.25) is 4.68 Å². The normalized spacial score (nSPS) is 20.6. The van der Waals surface area contributed by atoms with Crippen LogP contribution in [-0.2, 0) is 26.0 Å². The molecule has 0 aliphatic carbocycles. The van der Waals surface area contributed by atoms with Crippen LogP contribution in [0.1, 0.15) is 0 Å². The van der Waals surface area contributed by atoms with Crippen LogP contribution in [0.3, 0.4) is 0 Å². The van der Waals surface area contributed by atoms with Gasteiger partial charge in [-0.25, -0.2) is 13.1 Å². The summed E-state index contributed by atoms with van der Waals surface area (Å²) in [5, 5.41) is 3.93. The predicted octanol–water partition coefficient (Wildman–Crippen LogP) is -1.46. The molecule has 0 aromatic carbocycles. The van der Waals surface area contributed by atoms with E-state index in [1.165, 1.54) is 17.1 Å². The number of ether oxygens (including phenoxy) is 2. The van der Waals surface area contributed by atoms with Gasteiger partial charge in [0.05, 0.1) is 38.7 Å². The first kappa shape index (κ1) is 14.4. The standard InChI is InChI=1S/C10H18N4O4S/c11-1-2-14-7-10(6-12-14)19(15,16)13-5-9-8-17-3-4-18-9/h6-7,9,13H,1-5,8,11H2. The van der Waals surface area contributed by atoms with Crippen molar-refractivity contribution in [2.24, 2.45) is 5.73 Å². The van der Waals surface area contributed by atoms with Crippen molar-refractivity contribution in [1.29, 1.82) is 0 Å². The molecule has 108 valence electrons. The van der Waals surface area contributed by atoms with E-state index in [4.69, 9.17) is 15.2 Å². The summed E-state index contributed by atoms with van der Waals surface area (Å²) in [6.07, 6.45) is 2.51. The molecule has 0 saturated carbocycles. The molecule has 1 aromatic heterocycles. The maximum absolute atomic E-state index is 12.0. The maximum atomic E-state index is 12.0. The van der Waals surface area contributed by atoms with Gasteiger partial charge in [-0.2, -0.15) is 5.10 Å². The Labute approximate surface area is 111 Å². The van der Waals surface area contributed by atoms with E-state index < -0.39 is 10.0 Å². The van der Waals surface area contributed by atoms with Gasteiger partial charge in [0, 0.05) is 19.3 Å². The summed E-state index contributed by atoms with van der Waals surface area (Å²) in [6.45, 7) is 2.51. The van der Waals surface area contributed by atoms with Gasteiger partial charge in [0.25, 0.3) is 0 Å². The third kappa shape index (κ3) is 3.98. The lowest BCUT2D eigenvalue weighted by Gasteiger charge is -2.22. The molecule has 3 N–H and O–H groups in total. The van der Waals surface area contributed by atoms with E-state index in [1.54, 1.807) is 0 Å². The lowest BCUT2D eigenvalue weighted by atomic mass is 10.3. The number of nitrogens with zero attached hydrogens (tertiary/aromatic N) is 2. The number of rotatable bonds is 6. The Hall–Kier alpha value is -1.00. The van der Waals surface area contributed by atoms with Crippen molar-refractivity contribution >= 4 is 10.0 Å². The highest BCUT2D eigenvalue weighted by molar-refractivity contribution is 7.89. The van der Waals surface area contributed by atoms with Gasteiger partial charge in [0.15, 0.2) is 0 Å². The molecular weight excluding hydrogens is 272 g/mol. The van der Waals surface area contributed by atoms with Crippen molar-refractivity contribution in [3.63, 3.8) is 0 Å². The van der Waals surface area contributed by atoms with Gasteiger partial charge in [-0.1, -0.05) is 0 Å². The highest BCUT2D eigenvalue weighted by Gasteiger charge is 2.20. The van der Waals surface area contributed by atoms with Crippen molar-refractivity contribution in [1.82, 2.24) is 14.5 Å². The second-order valence-corrected chi connectivity index (χ2v) is 5.91. The molecular formula is C10H18N4O4S. The summed E-state index contributed by atoms with van der Waals surface area (Å²) in [5.41, 5.74) is 5.38. The molecule has 2 heterocycles. The number of hydrogen-bond donors (Lipinski definition) is 2. The van der Waals surface area contributed by atoms with Crippen LogP contribution in [0.25, 0.3) is 0 Å². The van der Waals surface area contributed by atoms with Crippen LogP contribution in [-0.4, -0.2) is 57.2 Å². The Kier molecular flexibility index (Phi) is 4.88. The van der Waals surface area contributed by atoms with E-state index in [-0.39, 0.29) is 17.5 Å². The quantitative estimate of drug-likeness (QED) is 0.662. The van der Waals surface area contributed by atoms with E-state index in [9.17, 15) is 8.42 Å². The molecule has 8 nitrogen and oxygen atoms in total. The van der Waals surface area contributed by atoms with Gasteiger partial charge in [0.1, 0.15) is 4.90 Å². The topological polar surface area (TPSA) is 108 Å². The van der Waals surface area contributed by atoms with E-state index in [1.807, 2.05) is 0 Å². The van der Waals surface area contributed by atoms with E-state index in [0.717, 1.165) is 0 Å². The third-order valence-corrected chi connectivity index (χ3v) is 4.04. The number of nitrogens with two attached hydrogens (primary N) is 1. The van der Waals surface area contributed by atoms with Crippen LogP contribution in [0, 0.1) is 0 Å². The molecule has 1 fully saturated rings. The van der Waals surface area contributed by atoms with Crippen LogP contribution in [0.5, 0.6) is 0 Å². The minimum absolute atomic E-state index is 0.123. The zero-order chi connectivity index (χ0) is 13.7. The lowest BCUT2D eigenvalue weighted by Crippen LogP contribution is -2.39. The SMILES string of the molecule is NCCn1cc(S(=O)(=O)NCC2COCCO2)cn1. The molecule has 0 bridgehead atoms. The molecule has 1 aliphatic rings. The summed E-state index contributed by atoms with van der Waals surface area (Å²) in [7, 11) is -3.57.